The Balaban J connectivity index is 1.65. The molecule has 0 saturated heterocycles. The zero-order valence-electron chi connectivity index (χ0n) is 11.8. The molecule has 1 atom stereocenters. The minimum atomic E-state index is 0.304. The number of hydrogen-bond acceptors (Lipinski definition) is 4. The normalized spacial score (nSPS) is 22.0. The largest absolute Gasteiger partial charge is 0.454 e. The first-order valence-corrected chi connectivity index (χ1v) is 7.06. The molecule has 1 N–H and O–H groups in total. The van der Waals surface area contributed by atoms with Gasteiger partial charge in [-0.2, -0.15) is 0 Å². The van der Waals surface area contributed by atoms with E-state index < -0.39 is 0 Å². The van der Waals surface area contributed by atoms with E-state index in [0.717, 1.165) is 40.6 Å². The lowest BCUT2D eigenvalue weighted by molar-refractivity contribution is 0.174. The third kappa shape index (κ3) is 1.87. The number of nitrogens with one attached hydrogen (secondary N) is 1. The molecule has 4 rings (SSSR count). The van der Waals surface area contributed by atoms with E-state index in [1.165, 1.54) is 6.42 Å². The maximum atomic E-state index is 5.45. The molecule has 1 aliphatic heterocycles. The van der Waals surface area contributed by atoms with Crippen LogP contribution < -0.4 is 14.8 Å². The lowest BCUT2D eigenvalue weighted by atomic mass is 10.1. The van der Waals surface area contributed by atoms with Gasteiger partial charge >= 0.3 is 0 Å². The maximum absolute atomic E-state index is 5.45. The van der Waals surface area contributed by atoms with Crippen molar-refractivity contribution >= 4 is 16.6 Å². The van der Waals surface area contributed by atoms with Crippen molar-refractivity contribution in [2.75, 3.05) is 18.7 Å². The van der Waals surface area contributed by atoms with Gasteiger partial charge < -0.3 is 14.8 Å². The van der Waals surface area contributed by atoms with Crippen molar-refractivity contribution in [3.8, 4) is 11.5 Å². The Morgan fingerprint density at radius 3 is 2.80 bits per heavy atom. The SMILES string of the molecule is CC1(C)CC1CNc1nccc2cc3c(cc12)OCO3. The van der Waals surface area contributed by atoms with Crippen LogP contribution >= 0.6 is 0 Å². The van der Waals surface area contributed by atoms with Gasteiger partial charge in [0.15, 0.2) is 11.5 Å². The quantitative estimate of drug-likeness (QED) is 0.928. The zero-order chi connectivity index (χ0) is 13.7. The summed E-state index contributed by atoms with van der Waals surface area (Å²) >= 11 is 0. The van der Waals surface area contributed by atoms with Crippen molar-refractivity contribution in [1.29, 1.82) is 0 Å². The van der Waals surface area contributed by atoms with E-state index >= 15 is 0 Å². The number of fused-ring (bicyclic) bond motifs is 2. The maximum Gasteiger partial charge on any atom is 0.231 e. The fourth-order valence-corrected chi connectivity index (χ4v) is 2.85. The molecule has 1 saturated carbocycles. The average Bonchev–Trinajstić information content (AvgIpc) is 2.84. The number of rotatable bonds is 3. The van der Waals surface area contributed by atoms with Crippen LogP contribution in [-0.4, -0.2) is 18.3 Å². The summed E-state index contributed by atoms with van der Waals surface area (Å²) in [5.41, 5.74) is 0.482. The van der Waals surface area contributed by atoms with E-state index in [9.17, 15) is 0 Å². The number of nitrogens with zero attached hydrogens (tertiary/aromatic N) is 1. The van der Waals surface area contributed by atoms with Crippen LogP contribution in [0.1, 0.15) is 20.3 Å². The van der Waals surface area contributed by atoms with Crippen LogP contribution in [0.3, 0.4) is 0 Å². The van der Waals surface area contributed by atoms with Gasteiger partial charge in [-0.1, -0.05) is 13.8 Å². The molecule has 1 unspecified atom stereocenters. The van der Waals surface area contributed by atoms with Gasteiger partial charge in [0.2, 0.25) is 6.79 Å². The zero-order valence-corrected chi connectivity index (χ0v) is 11.8. The fraction of sp³-hybridized carbons (Fsp3) is 0.438. The standard InChI is InChI=1S/C16H18N2O2/c1-16(2)7-11(16)8-18-15-12-6-14-13(19-9-20-14)5-10(12)3-4-17-15/h3-6,11H,7-9H2,1-2H3,(H,17,18). The number of benzene rings is 1. The second-order valence-electron chi connectivity index (χ2n) is 6.36. The van der Waals surface area contributed by atoms with Gasteiger partial charge in [-0.15, -0.1) is 0 Å². The molecule has 2 aromatic rings. The number of aromatic nitrogens is 1. The molecule has 104 valence electrons. The Labute approximate surface area is 118 Å². The molecule has 0 amide bonds. The van der Waals surface area contributed by atoms with E-state index in [1.54, 1.807) is 0 Å². The molecule has 1 aromatic heterocycles. The molecule has 0 spiro atoms. The molecular weight excluding hydrogens is 252 g/mol. The molecule has 0 radical (unpaired) electrons. The monoisotopic (exact) mass is 270 g/mol. The van der Waals surface area contributed by atoms with Gasteiger partial charge in [0.25, 0.3) is 0 Å². The van der Waals surface area contributed by atoms with Gasteiger partial charge in [-0.3, -0.25) is 0 Å². The highest BCUT2D eigenvalue weighted by atomic mass is 16.7. The first kappa shape index (κ1) is 11.8. The third-order valence-electron chi connectivity index (χ3n) is 4.49. The summed E-state index contributed by atoms with van der Waals surface area (Å²) in [6.07, 6.45) is 3.13. The topological polar surface area (TPSA) is 43.4 Å². The van der Waals surface area contributed by atoms with Gasteiger partial charge in [0, 0.05) is 18.1 Å². The Kier molecular flexibility index (Phi) is 2.37. The Morgan fingerprint density at radius 1 is 1.30 bits per heavy atom. The molecule has 4 nitrogen and oxygen atoms in total. The van der Waals surface area contributed by atoms with Crippen LogP contribution in [0, 0.1) is 11.3 Å². The summed E-state index contributed by atoms with van der Waals surface area (Å²) in [6.45, 7) is 5.91. The van der Waals surface area contributed by atoms with E-state index in [-0.39, 0.29) is 0 Å². The highest BCUT2D eigenvalue weighted by molar-refractivity contribution is 5.94. The van der Waals surface area contributed by atoms with Crippen molar-refractivity contribution in [2.45, 2.75) is 20.3 Å². The fourth-order valence-electron chi connectivity index (χ4n) is 2.85. The first-order chi connectivity index (χ1) is 9.63. The van der Waals surface area contributed by atoms with Crippen molar-refractivity contribution < 1.29 is 9.47 Å². The van der Waals surface area contributed by atoms with E-state index in [2.05, 4.69) is 24.1 Å². The van der Waals surface area contributed by atoms with Crippen LogP contribution in [0.5, 0.6) is 11.5 Å². The molecule has 1 aliphatic carbocycles. The van der Waals surface area contributed by atoms with Crippen LogP contribution in [0.25, 0.3) is 10.8 Å². The van der Waals surface area contributed by atoms with E-state index in [0.29, 0.717) is 12.2 Å². The van der Waals surface area contributed by atoms with E-state index in [4.69, 9.17) is 9.47 Å². The second-order valence-corrected chi connectivity index (χ2v) is 6.36. The minimum absolute atomic E-state index is 0.304. The Hall–Kier alpha value is -1.97. The third-order valence-corrected chi connectivity index (χ3v) is 4.49. The number of anilines is 1. The molecule has 0 bridgehead atoms. The highest BCUT2D eigenvalue weighted by Gasteiger charge is 2.45. The predicted octanol–water partition coefficient (Wildman–Crippen LogP) is 3.42. The predicted molar refractivity (Wildman–Crippen MR) is 78.2 cm³/mol. The molecular formula is C16H18N2O2. The average molecular weight is 270 g/mol. The van der Waals surface area contributed by atoms with Crippen LogP contribution in [0.15, 0.2) is 24.4 Å². The van der Waals surface area contributed by atoms with Crippen molar-refractivity contribution in [2.24, 2.45) is 11.3 Å². The Morgan fingerprint density at radius 2 is 2.05 bits per heavy atom. The molecule has 20 heavy (non-hydrogen) atoms. The summed E-state index contributed by atoms with van der Waals surface area (Å²) in [6, 6.07) is 6.04. The summed E-state index contributed by atoms with van der Waals surface area (Å²) in [5, 5.41) is 5.71. The molecule has 2 aliphatic rings. The summed E-state index contributed by atoms with van der Waals surface area (Å²) in [5.74, 6) is 3.30. The van der Waals surface area contributed by atoms with Gasteiger partial charge in [-0.05, 0) is 41.3 Å². The summed E-state index contributed by atoms with van der Waals surface area (Å²) in [7, 11) is 0. The van der Waals surface area contributed by atoms with Crippen molar-refractivity contribution in [3.63, 3.8) is 0 Å². The van der Waals surface area contributed by atoms with Crippen LogP contribution in [0.4, 0.5) is 5.82 Å². The smallest absolute Gasteiger partial charge is 0.231 e. The van der Waals surface area contributed by atoms with Crippen molar-refractivity contribution in [3.05, 3.63) is 24.4 Å². The molecule has 1 fully saturated rings. The number of pyridine rings is 1. The molecule has 4 heteroatoms. The molecule has 1 aromatic carbocycles. The number of hydrogen-bond donors (Lipinski definition) is 1. The van der Waals surface area contributed by atoms with Gasteiger partial charge in [0.1, 0.15) is 5.82 Å². The Bertz CT molecular complexity index is 681. The number of ether oxygens (including phenoxy) is 2. The summed E-state index contributed by atoms with van der Waals surface area (Å²) in [4.78, 5) is 4.47. The van der Waals surface area contributed by atoms with E-state index in [1.807, 2.05) is 24.4 Å². The second kappa shape index (κ2) is 4.01. The first-order valence-electron chi connectivity index (χ1n) is 7.06. The van der Waals surface area contributed by atoms with Crippen LogP contribution in [-0.2, 0) is 0 Å². The molecule has 2 heterocycles. The van der Waals surface area contributed by atoms with Crippen LogP contribution in [0.2, 0.25) is 0 Å². The minimum Gasteiger partial charge on any atom is -0.454 e. The van der Waals surface area contributed by atoms with Gasteiger partial charge in [0.05, 0.1) is 0 Å². The summed E-state index contributed by atoms with van der Waals surface area (Å²) < 4.78 is 10.9. The van der Waals surface area contributed by atoms with Crippen molar-refractivity contribution in [1.82, 2.24) is 4.98 Å². The lowest BCUT2D eigenvalue weighted by Crippen LogP contribution is -2.08. The lowest BCUT2D eigenvalue weighted by Gasteiger charge is -2.10. The van der Waals surface area contributed by atoms with Gasteiger partial charge in [-0.25, -0.2) is 4.98 Å². The highest BCUT2D eigenvalue weighted by Crippen LogP contribution is 2.51.